The molecule has 1 fully saturated rings. The van der Waals surface area contributed by atoms with Crippen molar-refractivity contribution in [3.63, 3.8) is 0 Å². The van der Waals surface area contributed by atoms with Crippen LogP contribution < -0.4 is 4.74 Å². The molecule has 0 spiro atoms. The second-order valence-electron chi connectivity index (χ2n) is 5.66. The Hall–Kier alpha value is -1.10. The Kier molecular flexibility index (Phi) is 9.13. The number of nitrogens with zero attached hydrogens (tertiary/aromatic N) is 2. The number of aldehydes is 1. The van der Waals surface area contributed by atoms with E-state index in [2.05, 4.69) is 16.8 Å². The molecular weight excluding hydrogens is 300 g/mol. The van der Waals surface area contributed by atoms with Gasteiger partial charge in [-0.3, -0.25) is 0 Å². The maximum absolute atomic E-state index is 10.5. The van der Waals surface area contributed by atoms with Gasteiger partial charge in [-0.05, 0) is 31.5 Å². The molecule has 0 atom stereocenters. The largest absolute Gasteiger partial charge is 0.493 e. The first kappa shape index (κ1) is 18.9. The van der Waals surface area contributed by atoms with Gasteiger partial charge in [0.05, 0.1) is 6.61 Å². The van der Waals surface area contributed by atoms with Crippen molar-refractivity contribution in [3.8, 4) is 5.75 Å². The van der Waals surface area contributed by atoms with Crippen LogP contribution in [-0.4, -0.2) is 62.5 Å². The van der Waals surface area contributed by atoms with Crippen molar-refractivity contribution in [3.05, 3.63) is 29.8 Å². The molecule has 2 rings (SSSR count). The van der Waals surface area contributed by atoms with E-state index in [0.717, 1.165) is 69.8 Å². The summed E-state index contributed by atoms with van der Waals surface area (Å²) in [5, 5.41) is 0. The molecule has 0 unspecified atom stereocenters. The van der Waals surface area contributed by atoms with E-state index in [1.165, 1.54) is 0 Å². The molecular formula is C17H27ClN2O2. The predicted molar refractivity (Wildman–Crippen MR) is 92.1 cm³/mol. The second kappa shape index (κ2) is 10.6. The topological polar surface area (TPSA) is 32.8 Å². The van der Waals surface area contributed by atoms with Gasteiger partial charge in [0, 0.05) is 39.1 Å². The average molecular weight is 327 g/mol. The van der Waals surface area contributed by atoms with Crippen molar-refractivity contribution in [1.82, 2.24) is 9.80 Å². The number of aryl methyl sites for hydroxylation is 1. The third-order valence-electron chi connectivity index (χ3n) is 3.98. The lowest BCUT2D eigenvalue weighted by Gasteiger charge is -2.32. The highest BCUT2D eigenvalue weighted by atomic mass is 35.5. The minimum Gasteiger partial charge on any atom is -0.493 e. The number of hydrogen-bond acceptors (Lipinski definition) is 4. The van der Waals surface area contributed by atoms with Crippen LogP contribution in [0.15, 0.2) is 24.3 Å². The van der Waals surface area contributed by atoms with Crippen molar-refractivity contribution in [1.29, 1.82) is 0 Å². The van der Waals surface area contributed by atoms with E-state index in [1.807, 2.05) is 24.3 Å². The van der Waals surface area contributed by atoms with Gasteiger partial charge in [0.2, 0.25) is 0 Å². The molecule has 1 aromatic carbocycles. The molecule has 1 aliphatic rings. The summed E-state index contributed by atoms with van der Waals surface area (Å²) in [6.45, 7) is 6.48. The lowest BCUT2D eigenvalue weighted by molar-refractivity contribution is -0.107. The average Bonchev–Trinajstić information content (AvgIpc) is 2.52. The first-order valence-electron chi connectivity index (χ1n) is 7.85. The van der Waals surface area contributed by atoms with Crippen molar-refractivity contribution in [2.75, 3.05) is 46.4 Å². The number of ether oxygens (including phenoxy) is 1. The highest BCUT2D eigenvalue weighted by Crippen LogP contribution is 2.19. The molecule has 4 nitrogen and oxygen atoms in total. The highest BCUT2D eigenvalue weighted by molar-refractivity contribution is 5.85. The van der Waals surface area contributed by atoms with Crippen LogP contribution in [0.3, 0.4) is 0 Å². The van der Waals surface area contributed by atoms with E-state index < -0.39 is 0 Å². The number of para-hydroxylation sites is 1. The molecule has 0 N–H and O–H groups in total. The Morgan fingerprint density at radius 2 is 1.91 bits per heavy atom. The summed E-state index contributed by atoms with van der Waals surface area (Å²) in [6, 6.07) is 8.02. The number of piperazine rings is 1. The van der Waals surface area contributed by atoms with Crippen molar-refractivity contribution in [2.24, 2.45) is 0 Å². The molecule has 1 aromatic rings. The van der Waals surface area contributed by atoms with Crippen molar-refractivity contribution >= 4 is 18.7 Å². The predicted octanol–water partition coefficient (Wildman–Crippen LogP) is 2.26. The van der Waals surface area contributed by atoms with Gasteiger partial charge >= 0.3 is 0 Å². The zero-order valence-corrected chi connectivity index (χ0v) is 14.2. The zero-order chi connectivity index (χ0) is 14.9. The zero-order valence-electron chi connectivity index (χ0n) is 13.4. The third-order valence-corrected chi connectivity index (χ3v) is 3.98. The molecule has 22 heavy (non-hydrogen) atoms. The lowest BCUT2D eigenvalue weighted by Crippen LogP contribution is -2.44. The maximum atomic E-state index is 10.5. The van der Waals surface area contributed by atoms with Gasteiger partial charge in [-0.2, -0.15) is 0 Å². The highest BCUT2D eigenvalue weighted by Gasteiger charge is 2.12. The summed E-state index contributed by atoms with van der Waals surface area (Å²) < 4.78 is 5.89. The SMILES string of the molecule is CN1CCN(CCCOc2ccccc2CCC=O)CC1.Cl. The van der Waals surface area contributed by atoms with Crippen LogP contribution in [-0.2, 0) is 11.2 Å². The minimum absolute atomic E-state index is 0. The van der Waals surface area contributed by atoms with Crippen molar-refractivity contribution in [2.45, 2.75) is 19.3 Å². The lowest BCUT2D eigenvalue weighted by atomic mass is 10.1. The molecule has 0 amide bonds. The van der Waals surface area contributed by atoms with E-state index in [4.69, 9.17) is 4.74 Å². The maximum Gasteiger partial charge on any atom is 0.122 e. The summed E-state index contributed by atoms with van der Waals surface area (Å²) in [4.78, 5) is 15.4. The summed E-state index contributed by atoms with van der Waals surface area (Å²) in [7, 11) is 2.18. The standard InChI is InChI=1S/C17H26N2O2.ClH/c1-18-10-12-19(13-11-18)9-5-15-21-17-8-3-2-6-16(17)7-4-14-20;/h2-3,6,8,14H,4-5,7,9-13,15H2,1H3;1H. The van der Waals surface area contributed by atoms with E-state index in [1.54, 1.807) is 0 Å². The smallest absolute Gasteiger partial charge is 0.122 e. The first-order chi connectivity index (χ1) is 10.3. The van der Waals surface area contributed by atoms with Crippen LogP contribution in [0.4, 0.5) is 0 Å². The molecule has 124 valence electrons. The van der Waals surface area contributed by atoms with Gasteiger partial charge in [0.25, 0.3) is 0 Å². The Bertz CT molecular complexity index is 434. The normalized spacial score (nSPS) is 16.0. The molecule has 0 radical (unpaired) electrons. The fourth-order valence-corrected chi connectivity index (χ4v) is 2.61. The van der Waals surface area contributed by atoms with Crippen LogP contribution in [0, 0.1) is 0 Å². The number of halogens is 1. The molecule has 0 bridgehead atoms. The number of carbonyl (C=O) groups is 1. The van der Waals surface area contributed by atoms with E-state index in [9.17, 15) is 4.79 Å². The Balaban J connectivity index is 0.00000242. The molecule has 1 aliphatic heterocycles. The number of benzene rings is 1. The van der Waals surface area contributed by atoms with Crippen LogP contribution in [0.2, 0.25) is 0 Å². The molecule has 1 saturated heterocycles. The summed E-state index contributed by atoms with van der Waals surface area (Å²) in [5.41, 5.74) is 1.13. The van der Waals surface area contributed by atoms with Gasteiger partial charge in [-0.15, -0.1) is 12.4 Å². The quantitative estimate of drug-likeness (QED) is 0.542. The molecule has 0 saturated carbocycles. The Labute approximate surface area is 139 Å². The summed E-state index contributed by atoms with van der Waals surface area (Å²) in [5.74, 6) is 0.928. The number of hydrogen-bond donors (Lipinski definition) is 0. The molecule has 5 heteroatoms. The minimum atomic E-state index is 0. The van der Waals surface area contributed by atoms with Gasteiger partial charge in [0.15, 0.2) is 0 Å². The van der Waals surface area contributed by atoms with Gasteiger partial charge < -0.3 is 19.3 Å². The van der Waals surface area contributed by atoms with E-state index in [0.29, 0.717) is 6.42 Å². The van der Waals surface area contributed by atoms with E-state index in [-0.39, 0.29) is 12.4 Å². The molecule has 0 aliphatic carbocycles. The summed E-state index contributed by atoms with van der Waals surface area (Å²) in [6.07, 6.45) is 3.33. The van der Waals surface area contributed by atoms with Crippen molar-refractivity contribution < 1.29 is 9.53 Å². The number of rotatable bonds is 8. The van der Waals surface area contributed by atoms with Crippen LogP contribution >= 0.6 is 12.4 Å². The monoisotopic (exact) mass is 326 g/mol. The molecule has 0 aromatic heterocycles. The first-order valence-corrected chi connectivity index (χ1v) is 7.85. The summed E-state index contributed by atoms with van der Waals surface area (Å²) >= 11 is 0. The Morgan fingerprint density at radius 1 is 1.18 bits per heavy atom. The van der Waals surface area contributed by atoms with Crippen LogP contribution in [0.1, 0.15) is 18.4 Å². The van der Waals surface area contributed by atoms with Gasteiger partial charge in [-0.1, -0.05) is 18.2 Å². The van der Waals surface area contributed by atoms with Gasteiger partial charge in [0.1, 0.15) is 12.0 Å². The third kappa shape index (κ3) is 6.34. The van der Waals surface area contributed by atoms with Gasteiger partial charge in [-0.25, -0.2) is 0 Å². The van der Waals surface area contributed by atoms with E-state index >= 15 is 0 Å². The van der Waals surface area contributed by atoms with Crippen LogP contribution in [0.5, 0.6) is 5.75 Å². The Morgan fingerprint density at radius 3 is 2.64 bits per heavy atom. The molecule has 1 heterocycles. The fourth-order valence-electron chi connectivity index (χ4n) is 2.61. The number of carbonyl (C=O) groups excluding carboxylic acids is 1. The fraction of sp³-hybridized carbons (Fsp3) is 0.588. The van der Waals surface area contributed by atoms with Crippen LogP contribution in [0.25, 0.3) is 0 Å². The second-order valence-corrected chi connectivity index (χ2v) is 5.66. The number of likely N-dealkylation sites (N-methyl/N-ethyl adjacent to an activating group) is 1.